The van der Waals surface area contributed by atoms with Crippen LogP contribution in [0.3, 0.4) is 0 Å². The SMILES string of the molecule is CCNc1nc(N)nc(I)c1Cl. The molecule has 0 saturated heterocycles. The van der Waals surface area contributed by atoms with Crippen molar-refractivity contribution in [3.8, 4) is 0 Å². The van der Waals surface area contributed by atoms with Crippen molar-refractivity contribution in [1.82, 2.24) is 9.97 Å². The molecule has 0 unspecified atom stereocenters. The van der Waals surface area contributed by atoms with E-state index in [1.54, 1.807) is 0 Å². The Kier molecular flexibility index (Phi) is 3.33. The highest BCUT2D eigenvalue weighted by atomic mass is 127. The van der Waals surface area contributed by atoms with Crippen molar-refractivity contribution in [1.29, 1.82) is 0 Å². The van der Waals surface area contributed by atoms with Crippen molar-refractivity contribution in [2.45, 2.75) is 6.92 Å². The van der Waals surface area contributed by atoms with Crippen molar-refractivity contribution >= 4 is 46.0 Å². The van der Waals surface area contributed by atoms with E-state index in [-0.39, 0.29) is 5.95 Å². The summed E-state index contributed by atoms with van der Waals surface area (Å²) in [5.41, 5.74) is 5.43. The number of nitrogens with two attached hydrogens (primary N) is 1. The van der Waals surface area contributed by atoms with Crippen LogP contribution in [0, 0.1) is 3.70 Å². The molecule has 0 bridgehead atoms. The highest BCUT2D eigenvalue weighted by molar-refractivity contribution is 14.1. The monoisotopic (exact) mass is 298 g/mol. The van der Waals surface area contributed by atoms with Crippen LogP contribution in [-0.4, -0.2) is 16.5 Å². The first-order valence-corrected chi connectivity index (χ1v) is 4.83. The first-order chi connectivity index (χ1) is 5.65. The van der Waals surface area contributed by atoms with Crippen LogP contribution < -0.4 is 11.1 Å². The van der Waals surface area contributed by atoms with E-state index in [1.807, 2.05) is 29.5 Å². The molecule has 66 valence electrons. The molecule has 0 amide bonds. The lowest BCUT2D eigenvalue weighted by atomic mass is 10.5. The Labute approximate surface area is 89.1 Å². The normalized spacial score (nSPS) is 9.92. The van der Waals surface area contributed by atoms with Gasteiger partial charge in [-0.1, -0.05) is 11.6 Å². The summed E-state index contributed by atoms with van der Waals surface area (Å²) in [6, 6.07) is 0. The van der Waals surface area contributed by atoms with E-state index in [0.717, 1.165) is 6.54 Å². The number of halogens is 2. The van der Waals surface area contributed by atoms with Crippen molar-refractivity contribution in [3.05, 3.63) is 8.72 Å². The second-order valence-corrected chi connectivity index (χ2v) is 3.47. The molecule has 1 heterocycles. The zero-order valence-corrected chi connectivity index (χ0v) is 9.35. The van der Waals surface area contributed by atoms with Crippen LogP contribution in [0.4, 0.5) is 11.8 Å². The number of anilines is 2. The van der Waals surface area contributed by atoms with Gasteiger partial charge in [-0.05, 0) is 29.5 Å². The van der Waals surface area contributed by atoms with Crippen LogP contribution in [0.15, 0.2) is 0 Å². The molecule has 0 radical (unpaired) electrons. The van der Waals surface area contributed by atoms with Crippen LogP contribution in [0.5, 0.6) is 0 Å². The number of nitrogens with zero attached hydrogens (tertiary/aromatic N) is 2. The second-order valence-electron chi connectivity index (χ2n) is 2.07. The minimum atomic E-state index is 0.236. The summed E-state index contributed by atoms with van der Waals surface area (Å²) in [6.07, 6.45) is 0. The fraction of sp³-hybridized carbons (Fsp3) is 0.333. The van der Waals surface area contributed by atoms with E-state index < -0.39 is 0 Å². The quantitative estimate of drug-likeness (QED) is 0.645. The van der Waals surface area contributed by atoms with Crippen molar-refractivity contribution < 1.29 is 0 Å². The molecule has 0 fully saturated rings. The molecule has 4 nitrogen and oxygen atoms in total. The first kappa shape index (κ1) is 9.79. The average Bonchev–Trinajstić information content (AvgIpc) is 2.00. The molecule has 1 rings (SSSR count). The van der Waals surface area contributed by atoms with Crippen LogP contribution in [0.1, 0.15) is 6.92 Å². The number of aromatic nitrogens is 2. The highest BCUT2D eigenvalue weighted by Crippen LogP contribution is 2.24. The second kappa shape index (κ2) is 4.08. The van der Waals surface area contributed by atoms with Gasteiger partial charge < -0.3 is 11.1 Å². The maximum atomic E-state index is 5.89. The average molecular weight is 299 g/mol. The Bertz CT molecular complexity index is 291. The lowest BCUT2D eigenvalue weighted by Crippen LogP contribution is -2.05. The number of rotatable bonds is 2. The van der Waals surface area contributed by atoms with Gasteiger partial charge in [-0.25, -0.2) is 4.98 Å². The van der Waals surface area contributed by atoms with Gasteiger partial charge in [-0.15, -0.1) is 0 Å². The van der Waals surface area contributed by atoms with Crippen LogP contribution >= 0.6 is 34.2 Å². The molecule has 6 heteroatoms. The molecule has 0 aliphatic heterocycles. The molecule has 1 aromatic rings. The molecule has 0 spiro atoms. The highest BCUT2D eigenvalue weighted by Gasteiger charge is 2.07. The van der Waals surface area contributed by atoms with Crippen molar-refractivity contribution in [3.63, 3.8) is 0 Å². The van der Waals surface area contributed by atoms with Crippen LogP contribution in [-0.2, 0) is 0 Å². The molecule has 0 saturated carbocycles. The zero-order chi connectivity index (χ0) is 9.14. The largest absolute Gasteiger partial charge is 0.369 e. The summed E-state index contributed by atoms with van der Waals surface area (Å²) in [4.78, 5) is 7.84. The van der Waals surface area contributed by atoms with Gasteiger partial charge in [0, 0.05) is 6.54 Å². The Balaban J connectivity index is 3.09. The predicted molar refractivity (Wildman–Crippen MR) is 58.3 cm³/mol. The number of hydrogen-bond donors (Lipinski definition) is 2. The fourth-order valence-corrected chi connectivity index (χ4v) is 1.37. The van der Waals surface area contributed by atoms with Gasteiger partial charge in [0.05, 0.1) is 0 Å². The molecule has 12 heavy (non-hydrogen) atoms. The third-order valence-corrected chi connectivity index (χ3v) is 2.63. The number of nitrogen functional groups attached to an aromatic ring is 1. The summed E-state index contributed by atoms with van der Waals surface area (Å²) in [6.45, 7) is 2.72. The standard InChI is InChI=1S/C6H8ClIN4/c1-2-10-5-3(7)4(8)11-6(9)12-5/h2H2,1H3,(H3,9,10,11,12). The topological polar surface area (TPSA) is 63.8 Å². The molecule has 1 aromatic heterocycles. The summed E-state index contributed by atoms with van der Waals surface area (Å²) >= 11 is 7.91. The van der Waals surface area contributed by atoms with Crippen molar-refractivity contribution in [2.75, 3.05) is 17.6 Å². The van der Waals surface area contributed by atoms with E-state index in [1.165, 1.54) is 0 Å². The van der Waals surface area contributed by atoms with Crippen molar-refractivity contribution in [2.24, 2.45) is 0 Å². The maximum Gasteiger partial charge on any atom is 0.223 e. The van der Waals surface area contributed by atoms with Crippen LogP contribution in [0.2, 0.25) is 5.02 Å². The van der Waals surface area contributed by atoms with E-state index in [9.17, 15) is 0 Å². The Morgan fingerprint density at radius 1 is 1.58 bits per heavy atom. The lowest BCUT2D eigenvalue weighted by molar-refractivity contribution is 1.11. The third kappa shape index (κ3) is 2.10. The number of nitrogens with one attached hydrogen (secondary N) is 1. The van der Waals surface area contributed by atoms with Gasteiger partial charge in [0.1, 0.15) is 8.72 Å². The molecule has 0 aliphatic rings. The molecule has 0 aliphatic carbocycles. The van der Waals surface area contributed by atoms with Crippen LogP contribution in [0.25, 0.3) is 0 Å². The predicted octanol–water partition coefficient (Wildman–Crippen LogP) is 1.75. The molecule has 3 N–H and O–H groups in total. The van der Waals surface area contributed by atoms with Gasteiger partial charge in [0.2, 0.25) is 5.95 Å². The summed E-state index contributed by atoms with van der Waals surface area (Å²) in [5.74, 6) is 0.829. The fourth-order valence-electron chi connectivity index (χ4n) is 0.721. The van der Waals surface area contributed by atoms with E-state index >= 15 is 0 Å². The Morgan fingerprint density at radius 2 is 2.25 bits per heavy atom. The van der Waals surface area contributed by atoms with Gasteiger partial charge in [-0.3, -0.25) is 0 Å². The smallest absolute Gasteiger partial charge is 0.223 e. The molecule has 0 atom stereocenters. The minimum absolute atomic E-state index is 0.236. The van der Waals surface area contributed by atoms with E-state index in [0.29, 0.717) is 14.5 Å². The van der Waals surface area contributed by atoms with Gasteiger partial charge in [-0.2, -0.15) is 4.98 Å². The Hall–Kier alpha value is -0.300. The molecule has 0 aromatic carbocycles. The maximum absolute atomic E-state index is 5.89. The minimum Gasteiger partial charge on any atom is -0.369 e. The molecular weight excluding hydrogens is 290 g/mol. The summed E-state index contributed by atoms with van der Waals surface area (Å²) in [7, 11) is 0. The van der Waals surface area contributed by atoms with Gasteiger partial charge in [0.15, 0.2) is 5.82 Å². The van der Waals surface area contributed by atoms with Gasteiger partial charge in [0.25, 0.3) is 0 Å². The summed E-state index contributed by atoms with van der Waals surface area (Å²) in [5, 5.41) is 3.51. The lowest BCUT2D eigenvalue weighted by Gasteiger charge is -2.05. The third-order valence-electron chi connectivity index (χ3n) is 1.17. The molecular formula is C6H8ClIN4. The number of hydrogen-bond acceptors (Lipinski definition) is 4. The Morgan fingerprint density at radius 3 is 2.83 bits per heavy atom. The van der Waals surface area contributed by atoms with Gasteiger partial charge >= 0.3 is 0 Å². The zero-order valence-electron chi connectivity index (χ0n) is 6.43. The van der Waals surface area contributed by atoms with E-state index in [4.69, 9.17) is 17.3 Å². The first-order valence-electron chi connectivity index (χ1n) is 3.37. The summed E-state index contributed by atoms with van der Waals surface area (Å²) < 4.78 is 0.665. The van der Waals surface area contributed by atoms with E-state index in [2.05, 4.69) is 15.3 Å².